The van der Waals surface area contributed by atoms with Crippen molar-refractivity contribution in [1.82, 2.24) is 15.2 Å². The lowest BCUT2D eigenvalue weighted by Gasteiger charge is -2.35. The van der Waals surface area contributed by atoms with Crippen molar-refractivity contribution in [3.8, 4) is 0 Å². The third kappa shape index (κ3) is 6.25. The van der Waals surface area contributed by atoms with E-state index in [4.69, 9.17) is 0 Å². The van der Waals surface area contributed by atoms with E-state index in [2.05, 4.69) is 22.4 Å². The third-order valence-electron chi connectivity index (χ3n) is 6.25. The lowest BCUT2D eigenvalue weighted by molar-refractivity contribution is 0.0739. The molecule has 0 bridgehead atoms. The highest BCUT2D eigenvalue weighted by molar-refractivity contribution is 5.95. The van der Waals surface area contributed by atoms with Crippen LogP contribution < -0.4 is 10.2 Å². The smallest absolute Gasteiger partial charge is 0.257 e. The van der Waals surface area contributed by atoms with E-state index in [1.807, 2.05) is 23.1 Å². The molecule has 194 valence electrons. The summed E-state index contributed by atoms with van der Waals surface area (Å²) >= 11 is 0. The van der Waals surface area contributed by atoms with Gasteiger partial charge in [0.15, 0.2) is 23.3 Å². The first-order valence-corrected chi connectivity index (χ1v) is 12.0. The molecule has 1 saturated heterocycles. The number of carbonyl (C=O) groups excluding carboxylic acids is 2. The van der Waals surface area contributed by atoms with Crippen LogP contribution in [0.3, 0.4) is 0 Å². The van der Waals surface area contributed by atoms with Gasteiger partial charge in [-0.05, 0) is 43.0 Å². The van der Waals surface area contributed by atoms with E-state index < -0.39 is 34.7 Å². The predicted molar refractivity (Wildman–Crippen MR) is 130 cm³/mol. The number of pyridine rings is 1. The minimum atomic E-state index is -2.01. The molecule has 0 unspecified atom stereocenters. The summed E-state index contributed by atoms with van der Waals surface area (Å²) in [4.78, 5) is 32.4. The van der Waals surface area contributed by atoms with Crippen LogP contribution in [-0.4, -0.2) is 54.4 Å². The van der Waals surface area contributed by atoms with Gasteiger partial charge in [0.05, 0.1) is 11.1 Å². The van der Waals surface area contributed by atoms with Crippen LogP contribution in [0.2, 0.25) is 0 Å². The predicted octanol–water partition coefficient (Wildman–Crippen LogP) is 4.35. The van der Waals surface area contributed by atoms with Crippen LogP contribution in [0.25, 0.3) is 0 Å². The molecule has 4 rings (SSSR count). The highest BCUT2D eigenvalue weighted by atomic mass is 19.2. The van der Waals surface area contributed by atoms with Crippen molar-refractivity contribution in [3.63, 3.8) is 0 Å². The van der Waals surface area contributed by atoms with Crippen LogP contribution in [0.4, 0.5) is 23.4 Å². The number of hydrogen-bond donors (Lipinski definition) is 1. The van der Waals surface area contributed by atoms with Crippen LogP contribution in [0.5, 0.6) is 0 Å². The molecule has 1 fully saturated rings. The fraction of sp³-hybridized carbons (Fsp3) is 0.296. The maximum absolute atomic E-state index is 14.0. The molecule has 1 aliphatic rings. The van der Waals surface area contributed by atoms with Crippen LogP contribution >= 0.6 is 0 Å². The summed E-state index contributed by atoms with van der Waals surface area (Å²) in [5.41, 5.74) is 0.846. The number of anilines is 1. The Morgan fingerprint density at radius 1 is 0.865 bits per heavy atom. The molecule has 10 heteroatoms. The zero-order chi connectivity index (χ0) is 26.4. The van der Waals surface area contributed by atoms with Gasteiger partial charge in [0, 0.05) is 38.9 Å². The number of carbonyl (C=O) groups is 2. The van der Waals surface area contributed by atoms with Gasteiger partial charge in [-0.15, -0.1) is 0 Å². The first-order chi connectivity index (χ1) is 17.8. The zero-order valence-corrected chi connectivity index (χ0v) is 20.0. The molecule has 1 aliphatic heterocycles. The standard InChI is InChI=1S/C27H26F4N4O2/c28-21-16-20(23(29)25(31)24(21)30)27(37)35-14-12-34(13-15-35)22-10-9-19(17-33-22)26(36)32-11-5-4-8-18-6-2-1-3-7-18/h1-3,6-7,9-10,16-17H,4-5,8,11-15H2,(H,32,36). The van der Waals surface area contributed by atoms with E-state index in [1.54, 1.807) is 12.1 Å². The number of hydrogen-bond acceptors (Lipinski definition) is 4. The van der Waals surface area contributed by atoms with E-state index in [-0.39, 0.29) is 19.0 Å². The molecular weight excluding hydrogens is 488 g/mol. The Bertz CT molecular complexity index is 1250. The van der Waals surface area contributed by atoms with Gasteiger partial charge in [0.2, 0.25) is 0 Å². The van der Waals surface area contributed by atoms with Gasteiger partial charge in [0.1, 0.15) is 5.82 Å². The van der Waals surface area contributed by atoms with Crippen molar-refractivity contribution in [2.45, 2.75) is 19.3 Å². The number of nitrogens with zero attached hydrogens (tertiary/aromatic N) is 3. The van der Waals surface area contributed by atoms with E-state index in [9.17, 15) is 27.2 Å². The maximum atomic E-state index is 14.0. The number of rotatable bonds is 8. The van der Waals surface area contributed by atoms with Crippen molar-refractivity contribution >= 4 is 17.6 Å². The van der Waals surface area contributed by atoms with Gasteiger partial charge in [0.25, 0.3) is 11.8 Å². The molecule has 0 aliphatic carbocycles. The molecule has 0 saturated carbocycles. The average Bonchev–Trinajstić information content (AvgIpc) is 2.94. The quantitative estimate of drug-likeness (QED) is 0.210. The van der Waals surface area contributed by atoms with Gasteiger partial charge >= 0.3 is 0 Å². The molecule has 1 aromatic heterocycles. The first-order valence-electron chi connectivity index (χ1n) is 12.0. The van der Waals surface area contributed by atoms with Gasteiger partial charge in [-0.3, -0.25) is 9.59 Å². The van der Waals surface area contributed by atoms with Gasteiger partial charge in [-0.25, -0.2) is 22.5 Å². The zero-order valence-electron chi connectivity index (χ0n) is 20.0. The van der Waals surface area contributed by atoms with Crippen molar-refractivity contribution in [2.24, 2.45) is 0 Å². The monoisotopic (exact) mass is 514 g/mol. The fourth-order valence-corrected chi connectivity index (χ4v) is 4.15. The summed E-state index contributed by atoms with van der Waals surface area (Å²) in [6.07, 6.45) is 4.26. The van der Waals surface area contributed by atoms with E-state index in [0.717, 1.165) is 19.3 Å². The second-order valence-electron chi connectivity index (χ2n) is 8.73. The summed E-state index contributed by atoms with van der Waals surface area (Å²) in [5, 5.41) is 2.89. The van der Waals surface area contributed by atoms with E-state index in [1.165, 1.54) is 16.7 Å². The average molecular weight is 515 g/mol. The third-order valence-corrected chi connectivity index (χ3v) is 6.25. The number of aromatic nitrogens is 1. The highest BCUT2D eigenvalue weighted by Crippen LogP contribution is 2.22. The Morgan fingerprint density at radius 2 is 1.59 bits per heavy atom. The molecule has 37 heavy (non-hydrogen) atoms. The van der Waals surface area contributed by atoms with Crippen molar-refractivity contribution in [2.75, 3.05) is 37.6 Å². The number of unbranched alkanes of at least 4 members (excludes halogenated alkanes) is 1. The highest BCUT2D eigenvalue weighted by Gasteiger charge is 2.28. The SMILES string of the molecule is O=C(NCCCCc1ccccc1)c1ccc(N2CCN(C(=O)c3cc(F)c(F)c(F)c3F)CC2)nc1. The molecule has 6 nitrogen and oxygen atoms in total. The number of halogens is 4. The molecule has 0 spiro atoms. The molecule has 3 aromatic rings. The second kappa shape index (κ2) is 11.9. The number of amides is 2. The number of aryl methyl sites for hydroxylation is 1. The Labute approximate surface area is 211 Å². The number of benzene rings is 2. The van der Waals surface area contributed by atoms with Crippen LogP contribution in [-0.2, 0) is 6.42 Å². The van der Waals surface area contributed by atoms with Crippen LogP contribution in [0.1, 0.15) is 39.1 Å². The minimum absolute atomic E-state index is 0.145. The lowest BCUT2D eigenvalue weighted by Crippen LogP contribution is -2.49. The molecule has 2 heterocycles. The summed E-state index contributed by atoms with van der Waals surface area (Å²) in [7, 11) is 0. The van der Waals surface area contributed by atoms with E-state index >= 15 is 0 Å². The summed E-state index contributed by atoms with van der Waals surface area (Å²) < 4.78 is 54.2. The molecular formula is C27H26F4N4O2. The molecule has 0 radical (unpaired) electrons. The van der Waals surface area contributed by atoms with Gasteiger partial charge in [-0.2, -0.15) is 0 Å². The Kier molecular flexibility index (Phi) is 8.37. The normalized spacial score (nSPS) is 13.5. The number of nitrogens with one attached hydrogen (secondary N) is 1. The summed E-state index contributed by atoms with van der Waals surface area (Å²) in [6, 6.07) is 13.9. The van der Waals surface area contributed by atoms with Crippen LogP contribution in [0, 0.1) is 23.3 Å². The van der Waals surface area contributed by atoms with Crippen molar-refractivity contribution in [1.29, 1.82) is 0 Å². The fourth-order valence-electron chi connectivity index (χ4n) is 4.15. The topological polar surface area (TPSA) is 65.5 Å². The summed E-state index contributed by atoms with van der Waals surface area (Å²) in [5.74, 6) is -7.84. The second-order valence-corrected chi connectivity index (χ2v) is 8.73. The molecule has 1 N–H and O–H groups in total. The Morgan fingerprint density at radius 3 is 2.27 bits per heavy atom. The molecule has 2 aromatic carbocycles. The van der Waals surface area contributed by atoms with Crippen molar-refractivity contribution in [3.05, 3.63) is 94.7 Å². The van der Waals surface area contributed by atoms with Gasteiger partial charge in [-0.1, -0.05) is 30.3 Å². The lowest BCUT2D eigenvalue weighted by atomic mass is 10.1. The maximum Gasteiger partial charge on any atom is 0.257 e. The molecule has 2 amide bonds. The van der Waals surface area contributed by atoms with Crippen molar-refractivity contribution < 1.29 is 27.2 Å². The van der Waals surface area contributed by atoms with E-state index in [0.29, 0.717) is 37.1 Å². The first kappa shape index (κ1) is 26.1. The van der Waals surface area contributed by atoms with Crippen LogP contribution in [0.15, 0.2) is 54.7 Å². The largest absolute Gasteiger partial charge is 0.353 e. The number of piperazine rings is 1. The minimum Gasteiger partial charge on any atom is -0.353 e. The summed E-state index contributed by atoms with van der Waals surface area (Å²) in [6.45, 7) is 1.52. The van der Waals surface area contributed by atoms with Gasteiger partial charge < -0.3 is 15.1 Å². The Balaban J connectivity index is 1.24. The Hall–Kier alpha value is -3.95. The molecule has 0 atom stereocenters.